The molecule has 1 aliphatic rings. The van der Waals surface area contributed by atoms with Gasteiger partial charge in [-0.2, -0.15) is 0 Å². The maximum Gasteiger partial charge on any atom is 0.191 e. The highest BCUT2D eigenvalue weighted by molar-refractivity contribution is 5.79. The first kappa shape index (κ1) is 19.5. The van der Waals surface area contributed by atoms with Crippen LogP contribution in [0.2, 0.25) is 0 Å². The van der Waals surface area contributed by atoms with Gasteiger partial charge in [0.05, 0.1) is 13.2 Å². The quantitative estimate of drug-likeness (QED) is 0.423. The van der Waals surface area contributed by atoms with E-state index in [2.05, 4.69) is 64.6 Å². The number of benzene rings is 1. The van der Waals surface area contributed by atoms with Crippen molar-refractivity contribution in [2.24, 2.45) is 4.99 Å². The first-order valence-electron chi connectivity index (χ1n) is 9.29. The summed E-state index contributed by atoms with van der Waals surface area (Å²) in [5.74, 6) is 0.870. The predicted molar refractivity (Wildman–Crippen MR) is 106 cm³/mol. The second kappa shape index (κ2) is 10.9. The largest absolute Gasteiger partial charge is 0.383 e. The van der Waals surface area contributed by atoms with Gasteiger partial charge in [0.1, 0.15) is 0 Å². The molecule has 1 unspecified atom stereocenters. The standard InChI is InChI=1S/C19H33N5O/c1-4-20-19(21-10-15-25-3)22-16-17(2)23-11-13-24(14-12-23)18-8-6-5-7-9-18/h5-9,17H,4,10-16H2,1-3H3,(H2,20,21,22). The molecule has 25 heavy (non-hydrogen) atoms. The van der Waals surface area contributed by atoms with Gasteiger partial charge in [0.15, 0.2) is 5.96 Å². The molecule has 0 amide bonds. The lowest BCUT2D eigenvalue weighted by atomic mass is 10.2. The molecular formula is C19H33N5O. The van der Waals surface area contributed by atoms with Crippen molar-refractivity contribution in [3.05, 3.63) is 30.3 Å². The maximum absolute atomic E-state index is 5.08. The Morgan fingerprint density at radius 2 is 1.88 bits per heavy atom. The summed E-state index contributed by atoms with van der Waals surface area (Å²) >= 11 is 0. The van der Waals surface area contributed by atoms with Crippen molar-refractivity contribution in [2.45, 2.75) is 19.9 Å². The van der Waals surface area contributed by atoms with E-state index in [1.165, 1.54) is 5.69 Å². The third kappa shape index (κ3) is 6.55. The van der Waals surface area contributed by atoms with E-state index in [0.29, 0.717) is 12.6 Å². The molecule has 1 aromatic rings. The number of guanidine groups is 1. The second-order valence-electron chi connectivity index (χ2n) is 6.35. The Hall–Kier alpha value is -1.79. The minimum atomic E-state index is 0.441. The van der Waals surface area contributed by atoms with Gasteiger partial charge in [-0.1, -0.05) is 18.2 Å². The molecule has 2 N–H and O–H groups in total. The molecule has 0 bridgehead atoms. The van der Waals surface area contributed by atoms with Crippen molar-refractivity contribution in [1.29, 1.82) is 0 Å². The van der Waals surface area contributed by atoms with E-state index in [0.717, 1.165) is 51.8 Å². The van der Waals surface area contributed by atoms with Gasteiger partial charge in [0.2, 0.25) is 0 Å². The minimum absolute atomic E-state index is 0.441. The lowest BCUT2D eigenvalue weighted by Crippen LogP contribution is -2.50. The molecule has 1 aliphatic heterocycles. The van der Waals surface area contributed by atoms with Crippen LogP contribution in [0.4, 0.5) is 5.69 Å². The van der Waals surface area contributed by atoms with E-state index >= 15 is 0 Å². The summed E-state index contributed by atoms with van der Waals surface area (Å²) < 4.78 is 5.08. The summed E-state index contributed by atoms with van der Waals surface area (Å²) in [6.07, 6.45) is 0. The fourth-order valence-electron chi connectivity index (χ4n) is 3.01. The van der Waals surface area contributed by atoms with Crippen LogP contribution < -0.4 is 15.5 Å². The van der Waals surface area contributed by atoms with Crippen LogP contribution in [0, 0.1) is 0 Å². The van der Waals surface area contributed by atoms with Crippen LogP contribution in [-0.2, 0) is 4.74 Å². The highest BCUT2D eigenvalue weighted by Gasteiger charge is 2.21. The number of nitrogens with zero attached hydrogens (tertiary/aromatic N) is 3. The number of piperazine rings is 1. The zero-order valence-electron chi connectivity index (χ0n) is 15.9. The van der Waals surface area contributed by atoms with Gasteiger partial charge in [0.25, 0.3) is 0 Å². The van der Waals surface area contributed by atoms with Crippen molar-refractivity contribution in [2.75, 3.05) is 64.4 Å². The average molecular weight is 348 g/mol. The van der Waals surface area contributed by atoms with Crippen molar-refractivity contribution in [3.63, 3.8) is 0 Å². The molecule has 1 heterocycles. The van der Waals surface area contributed by atoms with Crippen molar-refractivity contribution in [3.8, 4) is 0 Å². The van der Waals surface area contributed by atoms with Crippen LogP contribution in [0.5, 0.6) is 0 Å². The molecule has 0 saturated carbocycles. The second-order valence-corrected chi connectivity index (χ2v) is 6.35. The van der Waals surface area contributed by atoms with Gasteiger partial charge < -0.3 is 20.3 Å². The third-order valence-electron chi connectivity index (χ3n) is 4.52. The van der Waals surface area contributed by atoms with Crippen LogP contribution in [0.25, 0.3) is 0 Å². The van der Waals surface area contributed by atoms with E-state index in [1.54, 1.807) is 7.11 Å². The summed E-state index contributed by atoms with van der Waals surface area (Å²) in [6, 6.07) is 11.1. The van der Waals surface area contributed by atoms with Crippen LogP contribution in [0.3, 0.4) is 0 Å². The van der Waals surface area contributed by atoms with Gasteiger partial charge in [-0.3, -0.25) is 9.89 Å². The third-order valence-corrected chi connectivity index (χ3v) is 4.52. The first-order chi connectivity index (χ1) is 12.2. The van der Waals surface area contributed by atoms with E-state index in [-0.39, 0.29) is 0 Å². The molecule has 1 fully saturated rings. The predicted octanol–water partition coefficient (Wildman–Crippen LogP) is 1.40. The Bertz CT molecular complexity index is 500. The molecule has 6 heteroatoms. The fourth-order valence-corrected chi connectivity index (χ4v) is 3.01. The Labute approximate surface area is 152 Å². The summed E-state index contributed by atoms with van der Waals surface area (Å²) in [5.41, 5.74) is 1.32. The number of hydrogen-bond donors (Lipinski definition) is 2. The zero-order chi connectivity index (χ0) is 17.9. The molecule has 0 spiro atoms. The van der Waals surface area contributed by atoms with Gasteiger partial charge in [-0.25, -0.2) is 0 Å². The van der Waals surface area contributed by atoms with Gasteiger partial charge in [0, 0.05) is 58.1 Å². The van der Waals surface area contributed by atoms with E-state index < -0.39 is 0 Å². The summed E-state index contributed by atoms with van der Waals surface area (Å²) in [6.45, 7) is 11.8. The van der Waals surface area contributed by atoms with Crippen molar-refractivity contribution >= 4 is 11.6 Å². The van der Waals surface area contributed by atoms with Crippen molar-refractivity contribution in [1.82, 2.24) is 15.5 Å². The molecule has 0 aliphatic carbocycles. The van der Waals surface area contributed by atoms with E-state index in [1.807, 2.05) is 0 Å². The Morgan fingerprint density at radius 3 is 2.52 bits per heavy atom. The average Bonchev–Trinajstić information content (AvgIpc) is 2.67. The summed E-state index contributed by atoms with van der Waals surface area (Å²) in [5, 5.41) is 6.58. The topological polar surface area (TPSA) is 52.1 Å². The minimum Gasteiger partial charge on any atom is -0.383 e. The number of rotatable bonds is 8. The molecule has 140 valence electrons. The summed E-state index contributed by atoms with van der Waals surface area (Å²) in [7, 11) is 1.71. The highest BCUT2D eigenvalue weighted by Crippen LogP contribution is 2.16. The summed E-state index contributed by atoms with van der Waals surface area (Å²) in [4.78, 5) is 9.71. The Kier molecular flexibility index (Phi) is 8.55. The van der Waals surface area contributed by atoms with Crippen LogP contribution >= 0.6 is 0 Å². The fraction of sp³-hybridized carbons (Fsp3) is 0.632. The zero-order valence-corrected chi connectivity index (χ0v) is 15.9. The van der Waals surface area contributed by atoms with E-state index in [9.17, 15) is 0 Å². The number of ether oxygens (including phenoxy) is 1. The highest BCUT2D eigenvalue weighted by atomic mass is 16.5. The Balaban J connectivity index is 1.78. The first-order valence-corrected chi connectivity index (χ1v) is 9.29. The van der Waals surface area contributed by atoms with Crippen LogP contribution in [-0.4, -0.2) is 76.4 Å². The normalized spacial score (nSPS) is 17.4. The molecular weight excluding hydrogens is 314 g/mol. The number of para-hydroxylation sites is 1. The van der Waals surface area contributed by atoms with Gasteiger partial charge in [-0.05, 0) is 26.0 Å². The maximum atomic E-state index is 5.08. The number of nitrogens with one attached hydrogen (secondary N) is 2. The molecule has 1 aromatic carbocycles. The SMILES string of the molecule is CCNC(=NCC(C)N1CCN(c2ccccc2)CC1)NCCOC. The lowest BCUT2D eigenvalue weighted by molar-refractivity contribution is 0.200. The molecule has 0 aromatic heterocycles. The monoisotopic (exact) mass is 347 g/mol. The molecule has 1 atom stereocenters. The molecule has 1 saturated heterocycles. The van der Waals surface area contributed by atoms with Crippen LogP contribution in [0.1, 0.15) is 13.8 Å². The van der Waals surface area contributed by atoms with E-state index in [4.69, 9.17) is 9.73 Å². The van der Waals surface area contributed by atoms with Gasteiger partial charge >= 0.3 is 0 Å². The number of hydrogen-bond acceptors (Lipinski definition) is 4. The Morgan fingerprint density at radius 1 is 1.16 bits per heavy atom. The number of methoxy groups -OCH3 is 1. The van der Waals surface area contributed by atoms with Crippen molar-refractivity contribution < 1.29 is 4.74 Å². The lowest BCUT2D eigenvalue weighted by Gasteiger charge is -2.38. The number of aliphatic imine (C=N–C) groups is 1. The van der Waals surface area contributed by atoms with Crippen LogP contribution in [0.15, 0.2) is 35.3 Å². The van der Waals surface area contributed by atoms with Gasteiger partial charge in [-0.15, -0.1) is 0 Å². The molecule has 6 nitrogen and oxygen atoms in total. The number of anilines is 1. The smallest absolute Gasteiger partial charge is 0.191 e. The molecule has 0 radical (unpaired) electrons. The molecule has 2 rings (SSSR count).